The molecule has 1 aromatic rings. The van der Waals surface area contributed by atoms with Gasteiger partial charge in [0.25, 0.3) is 0 Å². The Hall–Kier alpha value is -1.56. The van der Waals surface area contributed by atoms with E-state index in [4.69, 9.17) is 10.00 Å². The molecule has 0 N–H and O–H groups in total. The summed E-state index contributed by atoms with van der Waals surface area (Å²) in [7, 11) is 0. The molecule has 2 atom stereocenters. The van der Waals surface area contributed by atoms with Gasteiger partial charge in [-0.25, -0.2) is 4.39 Å². The Bertz CT molecular complexity index is 504. The molecule has 0 radical (unpaired) electrons. The largest absolute Gasteiger partial charge is 0.489 e. The standard InChI is InChI=1S/C16H20FNO/c1-11-7-12(9-16(2,3)8-11)19-15-6-4-5-14(17)13(15)10-18/h4-6,11-12H,7-9H2,1-3H3. The first-order chi connectivity index (χ1) is 8.91. The Morgan fingerprint density at radius 2 is 2.11 bits per heavy atom. The van der Waals surface area contributed by atoms with E-state index in [1.54, 1.807) is 12.1 Å². The van der Waals surface area contributed by atoms with Crippen LogP contribution in [0.5, 0.6) is 5.75 Å². The van der Waals surface area contributed by atoms with Crippen molar-refractivity contribution >= 4 is 0 Å². The number of rotatable bonds is 2. The van der Waals surface area contributed by atoms with Gasteiger partial charge in [-0.15, -0.1) is 0 Å². The van der Waals surface area contributed by atoms with Crippen LogP contribution in [0.1, 0.15) is 45.6 Å². The lowest BCUT2D eigenvalue weighted by Gasteiger charge is -2.38. The summed E-state index contributed by atoms with van der Waals surface area (Å²) >= 11 is 0. The van der Waals surface area contributed by atoms with Crippen LogP contribution >= 0.6 is 0 Å². The van der Waals surface area contributed by atoms with E-state index in [0.29, 0.717) is 11.7 Å². The number of benzene rings is 1. The van der Waals surface area contributed by atoms with Crippen LogP contribution in [-0.4, -0.2) is 6.10 Å². The Morgan fingerprint density at radius 3 is 2.74 bits per heavy atom. The summed E-state index contributed by atoms with van der Waals surface area (Å²) in [5.41, 5.74) is 0.251. The van der Waals surface area contributed by atoms with Crippen LogP contribution in [0.2, 0.25) is 0 Å². The molecular formula is C16H20FNO. The molecule has 0 saturated heterocycles. The molecule has 1 aromatic carbocycles. The molecule has 1 saturated carbocycles. The fourth-order valence-corrected chi connectivity index (χ4v) is 3.24. The number of ether oxygens (including phenoxy) is 1. The number of hydrogen-bond donors (Lipinski definition) is 0. The third-order valence-corrected chi connectivity index (χ3v) is 3.73. The van der Waals surface area contributed by atoms with Crippen molar-refractivity contribution in [2.75, 3.05) is 0 Å². The zero-order valence-corrected chi connectivity index (χ0v) is 11.7. The van der Waals surface area contributed by atoms with Crippen molar-refractivity contribution in [3.05, 3.63) is 29.6 Å². The van der Waals surface area contributed by atoms with Crippen LogP contribution in [0.15, 0.2) is 18.2 Å². The maximum Gasteiger partial charge on any atom is 0.144 e. The summed E-state index contributed by atoms with van der Waals surface area (Å²) in [6.45, 7) is 6.68. The van der Waals surface area contributed by atoms with Crippen molar-refractivity contribution in [3.8, 4) is 11.8 Å². The molecule has 102 valence electrons. The molecule has 0 aromatic heterocycles. The van der Waals surface area contributed by atoms with Gasteiger partial charge in [-0.2, -0.15) is 5.26 Å². The van der Waals surface area contributed by atoms with Crippen LogP contribution < -0.4 is 4.74 Å². The second kappa shape index (κ2) is 5.21. The Morgan fingerprint density at radius 1 is 1.37 bits per heavy atom. The fraction of sp³-hybridized carbons (Fsp3) is 0.562. The second-order valence-corrected chi connectivity index (χ2v) is 6.38. The van der Waals surface area contributed by atoms with Crippen molar-refractivity contribution in [1.82, 2.24) is 0 Å². The lowest BCUT2D eigenvalue weighted by Crippen LogP contribution is -2.34. The zero-order chi connectivity index (χ0) is 14.0. The molecule has 2 rings (SSSR count). The van der Waals surface area contributed by atoms with Crippen LogP contribution in [-0.2, 0) is 0 Å². The summed E-state index contributed by atoms with van der Waals surface area (Å²) in [4.78, 5) is 0. The van der Waals surface area contributed by atoms with Crippen molar-refractivity contribution in [2.24, 2.45) is 11.3 Å². The van der Waals surface area contributed by atoms with E-state index >= 15 is 0 Å². The topological polar surface area (TPSA) is 33.0 Å². The molecule has 0 amide bonds. The Labute approximate surface area is 114 Å². The van der Waals surface area contributed by atoms with Crippen molar-refractivity contribution in [2.45, 2.75) is 46.1 Å². The first kappa shape index (κ1) is 13.9. The number of hydrogen-bond acceptors (Lipinski definition) is 2. The summed E-state index contributed by atoms with van der Waals surface area (Å²) < 4.78 is 19.4. The molecule has 2 nitrogen and oxygen atoms in total. The van der Waals surface area contributed by atoms with Crippen LogP contribution in [0, 0.1) is 28.5 Å². The van der Waals surface area contributed by atoms with Gasteiger partial charge in [0.1, 0.15) is 23.2 Å². The van der Waals surface area contributed by atoms with Gasteiger partial charge < -0.3 is 4.74 Å². The predicted molar refractivity (Wildman–Crippen MR) is 72.3 cm³/mol. The summed E-state index contributed by atoms with van der Waals surface area (Å²) in [6.07, 6.45) is 3.15. The minimum Gasteiger partial charge on any atom is -0.489 e. The second-order valence-electron chi connectivity index (χ2n) is 6.38. The third kappa shape index (κ3) is 3.26. The molecule has 19 heavy (non-hydrogen) atoms. The summed E-state index contributed by atoms with van der Waals surface area (Å²) in [6, 6.07) is 6.44. The van der Waals surface area contributed by atoms with E-state index in [1.165, 1.54) is 12.5 Å². The highest BCUT2D eigenvalue weighted by atomic mass is 19.1. The Kier molecular flexibility index (Phi) is 3.80. The highest BCUT2D eigenvalue weighted by Gasteiger charge is 2.33. The van der Waals surface area contributed by atoms with Gasteiger partial charge in [-0.3, -0.25) is 0 Å². The number of halogens is 1. The summed E-state index contributed by atoms with van der Waals surface area (Å²) in [5, 5.41) is 9.01. The lowest BCUT2D eigenvalue weighted by atomic mass is 9.71. The van der Waals surface area contributed by atoms with Crippen LogP contribution in [0.25, 0.3) is 0 Å². The van der Waals surface area contributed by atoms with Gasteiger partial charge in [-0.05, 0) is 42.7 Å². The molecule has 1 aliphatic rings. The molecule has 1 aliphatic carbocycles. The smallest absolute Gasteiger partial charge is 0.144 e. The Balaban J connectivity index is 2.18. The first-order valence-corrected chi connectivity index (χ1v) is 6.76. The van der Waals surface area contributed by atoms with Crippen molar-refractivity contribution in [1.29, 1.82) is 5.26 Å². The molecule has 1 fully saturated rings. The van der Waals surface area contributed by atoms with E-state index in [1.807, 2.05) is 6.07 Å². The minimum atomic E-state index is -0.511. The van der Waals surface area contributed by atoms with Gasteiger partial charge in [0, 0.05) is 0 Å². The molecule has 3 heteroatoms. The first-order valence-electron chi connectivity index (χ1n) is 6.76. The van der Waals surface area contributed by atoms with E-state index in [2.05, 4.69) is 20.8 Å². The third-order valence-electron chi connectivity index (χ3n) is 3.73. The van der Waals surface area contributed by atoms with Gasteiger partial charge in [-0.1, -0.05) is 26.8 Å². The van der Waals surface area contributed by atoms with E-state index in [0.717, 1.165) is 12.8 Å². The van der Waals surface area contributed by atoms with Crippen molar-refractivity contribution < 1.29 is 9.13 Å². The minimum absolute atomic E-state index is 0.0125. The highest BCUT2D eigenvalue weighted by Crippen LogP contribution is 2.40. The maximum absolute atomic E-state index is 13.5. The highest BCUT2D eigenvalue weighted by molar-refractivity contribution is 5.43. The van der Waals surface area contributed by atoms with Gasteiger partial charge in [0.05, 0.1) is 6.10 Å². The average molecular weight is 261 g/mol. The van der Waals surface area contributed by atoms with Crippen molar-refractivity contribution in [3.63, 3.8) is 0 Å². The maximum atomic E-state index is 13.5. The molecule has 0 spiro atoms. The average Bonchev–Trinajstić information content (AvgIpc) is 2.26. The van der Waals surface area contributed by atoms with Crippen LogP contribution in [0.3, 0.4) is 0 Å². The number of nitrogens with zero attached hydrogens (tertiary/aromatic N) is 1. The molecular weight excluding hydrogens is 241 g/mol. The van der Waals surface area contributed by atoms with E-state index < -0.39 is 5.82 Å². The quantitative estimate of drug-likeness (QED) is 0.795. The summed E-state index contributed by atoms with van der Waals surface area (Å²) in [5.74, 6) is 0.452. The zero-order valence-electron chi connectivity index (χ0n) is 11.7. The fourth-order valence-electron chi connectivity index (χ4n) is 3.24. The molecule has 0 aliphatic heterocycles. The molecule has 0 bridgehead atoms. The van der Waals surface area contributed by atoms with E-state index in [-0.39, 0.29) is 17.1 Å². The van der Waals surface area contributed by atoms with Gasteiger partial charge in [0.15, 0.2) is 0 Å². The molecule has 2 unspecified atom stereocenters. The van der Waals surface area contributed by atoms with Gasteiger partial charge >= 0.3 is 0 Å². The van der Waals surface area contributed by atoms with Gasteiger partial charge in [0.2, 0.25) is 0 Å². The van der Waals surface area contributed by atoms with E-state index in [9.17, 15) is 4.39 Å². The predicted octanol–water partition coefficient (Wildman–Crippen LogP) is 4.29. The molecule has 0 heterocycles. The monoisotopic (exact) mass is 261 g/mol. The lowest BCUT2D eigenvalue weighted by molar-refractivity contribution is 0.0558. The normalized spacial score (nSPS) is 25.6. The SMILES string of the molecule is CC1CC(Oc2cccc(F)c2C#N)CC(C)(C)C1. The number of nitriles is 1. The van der Waals surface area contributed by atoms with Crippen LogP contribution in [0.4, 0.5) is 4.39 Å².